The summed E-state index contributed by atoms with van der Waals surface area (Å²) in [6, 6.07) is 6.61. The molecular weight excluding hydrogens is 444 g/mol. The topological polar surface area (TPSA) is 77.1 Å². The van der Waals surface area contributed by atoms with E-state index >= 15 is 0 Å². The van der Waals surface area contributed by atoms with Crippen molar-refractivity contribution in [1.82, 2.24) is 9.55 Å². The normalized spacial score (nSPS) is 11.2. The summed E-state index contributed by atoms with van der Waals surface area (Å²) in [5.41, 5.74) is 0.829. The highest BCUT2D eigenvalue weighted by Crippen LogP contribution is 2.29. The van der Waals surface area contributed by atoms with Crippen molar-refractivity contribution in [3.63, 3.8) is 0 Å². The molecule has 0 aliphatic heterocycles. The highest BCUT2D eigenvalue weighted by atomic mass is 32.2. The van der Waals surface area contributed by atoms with Crippen LogP contribution in [0.2, 0.25) is 0 Å². The van der Waals surface area contributed by atoms with Crippen LogP contribution in [0.25, 0.3) is 10.2 Å². The predicted octanol–water partition coefficient (Wildman–Crippen LogP) is 4.73. The van der Waals surface area contributed by atoms with Crippen LogP contribution < -0.4 is 10.9 Å². The molecule has 31 heavy (non-hydrogen) atoms. The summed E-state index contributed by atoms with van der Waals surface area (Å²) in [6.07, 6.45) is 1.52. The second-order valence-corrected chi connectivity index (χ2v) is 8.94. The van der Waals surface area contributed by atoms with Crippen LogP contribution in [-0.4, -0.2) is 21.2 Å². The highest BCUT2D eigenvalue weighted by molar-refractivity contribution is 7.99. The fraction of sp³-hybridized carbons (Fsp3) is 0.190. The van der Waals surface area contributed by atoms with Gasteiger partial charge < -0.3 is 9.73 Å². The van der Waals surface area contributed by atoms with Gasteiger partial charge in [0.1, 0.15) is 10.6 Å². The number of halogens is 2. The number of aromatic nitrogens is 2. The number of furan rings is 1. The van der Waals surface area contributed by atoms with Crippen molar-refractivity contribution in [3.8, 4) is 0 Å². The molecule has 1 amide bonds. The van der Waals surface area contributed by atoms with Gasteiger partial charge in [0.25, 0.3) is 5.56 Å². The highest BCUT2D eigenvalue weighted by Gasteiger charge is 2.18. The molecular formula is C21H17F2N3O3S2. The number of thioether (sulfide) groups is 1. The molecule has 0 saturated heterocycles. The molecule has 0 atom stereocenters. The third kappa shape index (κ3) is 4.40. The molecule has 3 aromatic heterocycles. The lowest BCUT2D eigenvalue weighted by Crippen LogP contribution is -2.24. The molecule has 160 valence electrons. The Kier molecular flexibility index (Phi) is 5.92. The van der Waals surface area contributed by atoms with E-state index in [0.29, 0.717) is 21.1 Å². The molecule has 0 bridgehead atoms. The van der Waals surface area contributed by atoms with Gasteiger partial charge in [-0.15, -0.1) is 11.3 Å². The quantitative estimate of drug-likeness (QED) is 0.332. The van der Waals surface area contributed by atoms with E-state index in [2.05, 4.69) is 10.3 Å². The van der Waals surface area contributed by atoms with Gasteiger partial charge in [-0.1, -0.05) is 11.8 Å². The first-order valence-corrected chi connectivity index (χ1v) is 11.0. The minimum absolute atomic E-state index is 0.0710. The Balaban J connectivity index is 1.61. The number of nitrogens with one attached hydrogen (secondary N) is 1. The van der Waals surface area contributed by atoms with Crippen LogP contribution in [0, 0.1) is 25.5 Å². The van der Waals surface area contributed by atoms with Gasteiger partial charge in [0, 0.05) is 16.6 Å². The van der Waals surface area contributed by atoms with Crippen molar-refractivity contribution in [2.45, 2.75) is 25.5 Å². The van der Waals surface area contributed by atoms with Crippen molar-refractivity contribution in [1.29, 1.82) is 0 Å². The van der Waals surface area contributed by atoms with Gasteiger partial charge >= 0.3 is 0 Å². The van der Waals surface area contributed by atoms with Crippen LogP contribution in [0.5, 0.6) is 0 Å². The van der Waals surface area contributed by atoms with Gasteiger partial charge in [0.15, 0.2) is 16.8 Å². The summed E-state index contributed by atoms with van der Waals surface area (Å²) in [5, 5.41) is 3.44. The summed E-state index contributed by atoms with van der Waals surface area (Å²) in [6.45, 7) is 3.99. The molecule has 0 radical (unpaired) electrons. The standard InChI is InChI=1S/C21H17F2N3O3S2/c1-11-12(2)31-19-18(11)20(28)26(9-14-4-3-7-29-14)21(25-19)30-10-17(27)24-13-5-6-15(22)16(23)8-13/h3-8H,9-10H2,1-2H3,(H,24,27). The predicted molar refractivity (Wildman–Crippen MR) is 117 cm³/mol. The van der Waals surface area contributed by atoms with Gasteiger partial charge in [-0.2, -0.15) is 0 Å². The van der Waals surface area contributed by atoms with Crippen LogP contribution in [-0.2, 0) is 11.3 Å². The van der Waals surface area contributed by atoms with Gasteiger partial charge in [-0.3, -0.25) is 14.2 Å². The molecule has 10 heteroatoms. The van der Waals surface area contributed by atoms with Crippen molar-refractivity contribution < 1.29 is 18.0 Å². The van der Waals surface area contributed by atoms with Crippen LogP contribution in [0.15, 0.2) is 51.0 Å². The molecule has 4 aromatic rings. The van der Waals surface area contributed by atoms with Gasteiger partial charge in [-0.25, -0.2) is 13.8 Å². The SMILES string of the molecule is Cc1sc2nc(SCC(=O)Nc3ccc(F)c(F)c3)n(Cc3ccco3)c(=O)c2c1C. The lowest BCUT2D eigenvalue weighted by atomic mass is 10.2. The number of aryl methyl sites for hydroxylation is 2. The Morgan fingerprint density at radius 2 is 2.06 bits per heavy atom. The molecule has 3 heterocycles. The number of benzene rings is 1. The van der Waals surface area contributed by atoms with Gasteiger partial charge in [-0.05, 0) is 43.7 Å². The van der Waals surface area contributed by atoms with Crippen molar-refractivity contribution in [3.05, 3.63) is 74.8 Å². The van der Waals surface area contributed by atoms with Crippen molar-refractivity contribution >= 4 is 44.9 Å². The van der Waals surface area contributed by atoms with Gasteiger partial charge in [0.05, 0.1) is 23.9 Å². The number of anilines is 1. The molecule has 0 saturated carbocycles. The van der Waals surface area contributed by atoms with E-state index in [9.17, 15) is 18.4 Å². The van der Waals surface area contributed by atoms with Crippen molar-refractivity contribution in [2.75, 3.05) is 11.1 Å². The number of hydrogen-bond donors (Lipinski definition) is 1. The smallest absolute Gasteiger partial charge is 0.263 e. The van der Waals surface area contributed by atoms with E-state index in [1.165, 1.54) is 28.2 Å². The maximum absolute atomic E-state index is 13.4. The maximum Gasteiger partial charge on any atom is 0.263 e. The van der Waals surface area contributed by atoms with E-state index in [1.807, 2.05) is 13.8 Å². The van der Waals surface area contributed by atoms with E-state index in [-0.39, 0.29) is 23.5 Å². The minimum atomic E-state index is -1.05. The Morgan fingerprint density at radius 3 is 2.77 bits per heavy atom. The largest absolute Gasteiger partial charge is 0.467 e. The molecule has 4 rings (SSSR count). The molecule has 0 aliphatic rings. The maximum atomic E-state index is 13.4. The number of nitrogens with zero attached hydrogens (tertiary/aromatic N) is 2. The zero-order valence-electron chi connectivity index (χ0n) is 16.6. The number of amides is 1. The van der Waals surface area contributed by atoms with Crippen LogP contribution in [0.3, 0.4) is 0 Å². The average Bonchev–Trinajstić information content (AvgIpc) is 3.34. The minimum Gasteiger partial charge on any atom is -0.467 e. The average molecular weight is 462 g/mol. The van der Waals surface area contributed by atoms with Crippen LogP contribution in [0.1, 0.15) is 16.2 Å². The Bertz CT molecular complexity index is 1330. The van der Waals surface area contributed by atoms with E-state index in [4.69, 9.17) is 4.42 Å². The molecule has 0 fully saturated rings. The number of fused-ring (bicyclic) bond motifs is 1. The number of thiophene rings is 1. The fourth-order valence-electron chi connectivity index (χ4n) is 3.02. The summed E-state index contributed by atoms with van der Waals surface area (Å²) < 4.78 is 33.3. The first-order valence-electron chi connectivity index (χ1n) is 9.24. The van der Waals surface area contributed by atoms with Gasteiger partial charge in [0.2, 0.25) is 5.91 Å². The number of carbonyl (C=O) groups excluding carboxylic acids is 1. The number of hydrogen-bond acceptors (Lipinski definition) is 6. The second kappa shape index (κ2) is 8.64. The Morgan fingerprint density at radius 1 is 1.26 bits per heavy atom. The molecule has 0 aliphatic carbocycles. The summed E-state index contributed by atoms with van der Waals surface area (Å²) in [5.74, 6) is -1.96. The molecule has 1 N–H and O–H groups in total. The molecule has 0 spiro atoms. The molecule has 1 aromatic carbocycles. The molecule has 0 unspecified atom stereocenters. The molecule has 6 nitrogen and oxygen atoms in total. The summed E-state index contributed by atoms with van der Waals surface area (Å²) >= 11 is 2.51. The summed E-state index contributed by atoms with van der Waals surface area (Å²) in [4.78, 5) is 31.8. The lowest BCUT2D eigenvalue weighted by Gasteiger charge is -2.11. The van der Waals surface area contributed by atoms with Crippen molar-refractivity contribution in [2.24, 2.45) is 0 Å². The van der Waals surface area contributed by atoms with E-state index < -0.39 is 17.5 Å². The lowest BCUT2D eigenvalue weighted by molar-refractivity contribution is -0.113. The summed E-state index contributed by atoms with van der Waals surface area (Å²) in [7, 11) is 0. The Hall–Kier alpha value is -2.98. The van der Waals surface area contributed by atoms with E-state index in [1.54, 1.807) is 12.1 Å². The Labute approximate surface area is 183 Å². The third-order valence-corrected chi connectivity index (χ3v) is 6.76. The first kappa shape index (κ1) is 21.3. The van der Waals surface area contributed by atoms with E-state index in [0.717, 1.165) is 34.3 Å². The number of rotatable bonds is 6. The van der Waals surface area contributed by atoms with Crippen LogP contribution in [0.4, 0.5) is 14.5 Å². The number of carbonyl (C=O) groups is 1. The zero-order valence-corrected chi connectivity index (χ0v) is 18.2. The second-order valence-electron chi connectivity index (χ2n) is 6.79. The fourth-order valence-corrected chi connectivity index (χ4v) is 4.89. The monoisotopic (exact) mass is 461 g/mol. The third-order valence-electron chi connectivity index (χ3n) is 4.68. The zero-order chi connectivity index (χ0) is 22.1. The first-order chi connectivity index (χ1) is 14.8. The van der Waals surface area contributed by atoms with Crippen LogP contribution >= 0.6 is 23.1 Å².